The average Bonchev–Trinajstić information content (AvgIpc) is 2.29. The van der Waals surface area contributed by atoms with Gasteiger partial charge in [0.1, 0.15) is 17.4 Å². The number of nitrogens with zero attached hydrogens (tertiary/aromatic N) is 1. The van der Waals surface area contributed by atoms with E-state index in [-0.39, 0.29) is 28.3 Å². The topological polar surface area (TPSA) is 96.4 Å². The molecule has 0 aliphatic rings. The maximum absolute atomic E-state index is 12.9. The van der Waals surface area contributed by atoms with Gasteiger partial charge in [-0.15, -0.1) is 0 Å². The zero-order chi connectivity index (χ0) is 13.3. The smallest absolute Gasteiger partial charge is 0.336 e. The fourth-order valence-electron chi connectivity index (χ4n) is 1.60. The van der Waals surface area contributed by atoms with Gasteiger partial charge >= 0.3 is 5.97 Å². The molecule has 6 heteroatoms. The molecule has 0 atom stereocenters. The van der Waals surface area contributed by atoms with Gasteiger partial charge in [0.2, 0.25) is 0 Å². The number of carboxylic acids is 1. The number of phenolic OH excluding ortho intramolecular Hbond substituents is 1. The van der Waals surface area contributed by atoms with Crippen molar-refractivity contribution in [2.24, 2.45) is 0 Å². The van der Waals surface area contributed by atoms with E-state index in [1.807, 2.05) is 0 Å². The molecule has 0 aliphatic heterocycles. The van der Waals surface area contributed by atoms with E-state index < -0.39 is 11.8 Å². The molecule has 1 heterocycles. The lowest BCUT2D eigenvalue weighted by Crippen LogP contribution is -2.03. The van der Waals surface area contributed by atoms with Crippen LogP contribution in [-0.2, 0) is 0 Å². The number of phenols is 1. The van der Waals surface area contributed by atoms with Gasteiger partial charge < -0.3 is 15.9 Å². The second-order valence-electron chi connectivity index (χ2n) is 3.62. The summed E-state index contributed by atoms with van der Waals surface area (Å²) in [6, 6.07) is 4.49. The van der Waals surface area contributed by atoms with Gasteiger partial charge in [0, 0.05) is 23.4 Å². The number of nitrogens with two attached hydrogens (primary N) is 1. The minimum atomic E-state index is -1.21. The molecule has 92 valence electrons. The maximum Gasteiger partial charge on any atom is 0.336 e. The van der Waals surface area contributed by atoms with Crippen LogP contribution in [0.4, 0.5) is 10.2 Å². The lowest BCUT2D eigenvalue weighted by Gasteiger charge is -2.08. The minimum Gasteiger partial charge on any atom is -0.507 e. The molecule has 5 nitrogen and oxygen atoms in total. The van der Waals surface area contributed by atoms with E-state index >= 15 is 0 Å². The van der Waals surface area contributed by atoms with E-state index in [0.717, 1.165) is 12.1 Å². The monoisotopic (exact) mass is 248 g/mol. The lowest BCUT2D eigenvalue weighted by molar-refractivity contribution is 0.0697. The fourth-order valence-corrected chi connectivity index (χ4v) is 1.60. The Labute approximate surface area is 101 Å². The van der Waals surface area contributed by atoms with Crippen molar-refractivity contribution in [3.63, 3.8) is 0 Å². The number of hydrogen-bond donors (Lipinski definition) is 3. The van der Waals surface area contributed by atoms with Gasteiger partial charge in [0.15, 0.2) is 0 Å². The number of aromatic carboxylic acids is 1. The first-order chi connectivity index (χ1) is 8.49. The summed E-state index contributed by atoms with van der Waals surface area (Å²) >= 11 is 0. The van der Waals surface area contributed by atoms with Crippen LogP contribution in [0.2, 0.25) is 0 Å². The summed E-state index contributed by atoms with van der Waals surface area (Å²) in [6.45, 7) is 0. The van der Waals surface area contributed by atoms with Gasteiger partial charge in [0.05, 0.1) is 5.56 Å². The van der Waals surface area contributed by atoms with Crippen molar-refractivity contribution in [3.05, 3.63) is 41.8 Å². The summed E-state index contributed by atoms with van der Waals surface area (Å²) in [5.74, 6) is -2.12. The molecule has 1 aromatic heterocycles. The van der Waals surface area contributed by atoms with E-state index in [1.54, 1.807) is 0 Å². The fraction of sp³-hybridized carbons (Fsp3) is 0. The summed E-state index contributed by atoms with van der Waals surface area (Å²) in [5, 5.41) is 18.7. The molecule has 0 bridgehead atoms. The molecule has 0 saturated heterocycles. The van der Waals surface area contributed by atoms with Crippen LogP contribution >= 0.6 is 0 Å². The number of nitrogen functional groups attached to an aromatic ring is 1. The Morgan fingerprint density at radius 3 is 2.61 bits per heavy atom. The summed E-state index contributed by atoms with van der Waals surface area (Å²) < 4.78 is 12.9. The highest BCUT2D eigenvalue weighted by atomic mass is 19.1. The van der Waals surface area contributed by atoms with Crippen molar-refractivity contribution in [3.8, 4) is 16.9 Å². The molecule has 0 aliphatic carbocycles. The molecule has 2 rings (SSSR count). The molecule has 4 N–H and O–H groups in total. The highest BCUT2D eigenvalue weighted by molar-refractivity contribution is 5.97. The minimum absolute atomic E-state index is 0.0535. The van der Waals surface area contributed by atoms with Crippen molar-refractivity contribution in [1.29, 1.82) is 0 Å². The standard InChI is InChI=1S/C12H9FN2O3/c13-6-1-2-7(10(16)3-6)9-5-15-11(14)4-8(9)12(17)18/h1-5,16H,(H2,14,15)(H,17,18). The molecule has 0 saturated carbocycles. The van der Waals surface area contributed by atoms with E-state index in [0.29, 0.717) is 0 Å². The SMILES string of the molecule is Nc1cc(C(=O)O)c(-c2ccc(F)cc2O)cn1. The number of pyridine rings is 1. The van der Waals surface area contributed by atoms with E-state index in [9.17, 15) is 14.3 Å². The largest absolute Gasteiger partial charge is 0.507 e. The third kappa shape index (κ3) is 2.08. The Kier molecular flexibility index (Phi) is 2.85. The molecule has 0 radical (unpaired) electrons. The van der Waals surface area contributed by atoms with Crippen molar-refractivity contribution in [2.45, 2.75) is 0 Å². The van der Waals surface area contributed by atoms with Gasteiger partial charge in [-0.3, -0.25) is 0 Å². The van der Waals surface area contributed by atoms with Gasteiger partial charge in [0.25, 0.3) is 0 Å². The number of carbonyl (C=O) groups is 1. The van der Waals surface area contributed by atoms with Crippen LogP contribution in [0.25, 0.3) is 11.1 Å². The molecular formula is C12H9FN2O3. The van der Waals surface area contributed by atoms with Crippen LogP contribution in [0.5, 0.6) is 5.75 Å². The first-order valence-electron chi connectivity index (χ1n) is 4.96. The van der Waals surface area contributed by atoms with Gasteiger partial charge in [-0.05, 0) is 18.2 Å². The Morgan fingerprint density at radius 1 is 1.28 bits per heavy atom. The molecule has 0 spiro atoms. The third-order valence-corrected chi connectivity index (χ3v) is 2.41. The van der Waals surface area contributed by atoms with Gasteiger partial charge in [-0.2, -0.15) is 0 Å². The second kappa shape index (κ2) is 4.33. The quantitative estimate of drug-likeness (QED) is 0.753. The predicted octanol–water partition coefficient (Wildman–Crippen LogP) is 1.87. The number of aromatic hydroxyl groups is 1. The summed E-state index contributed by atoms with van der Waals surface area (Å²) in [6.07, 6.45) is 1.23. The molecule has 0 unspecified atom stereocenters. The van der Waals surface area contributed by atoms with Crippen molar-refractivity contribution >= 4 is 11.8 Å². The number of rotatable bonds is 2. The molecule has 1 aromatic carbocycles. The highest BCUT2D eigenvalue weighted by Crippen LogP contribution is 2.32. The number of anilines is 1. The Hall–Kier alpha value is -2.63. The maximum atomic E-state index is 12.9. The van der Waals surface area contributed by atoms with Crippen LogP contribution in [-0.4, -0.2) is 21.2 Å². The van der Waals surface area contributed by atoms with E-state index in [1.165, 1.54) is 18.3 Å². The lowest BCUT2D eigenvalue weighted by atomic mass is 10.0. The van der Waals surface area contributed by atoms with E-state index in [4.69, 9.17) is 10.8 Å². The molecular weight excluding hydrogens is 239 g/mol. The number of carboxylic acid groups (broad SMARTS) is 1. The zero-order valence-corrected chi connectivity index (χ0v) is 9.09. The molecule has 0 fully saturated rings. The highest BCUT2D eigenvalue weighted by Gasteiger charge is 2.16. The van der Waals surface area contributed by atoms with Crippen LogP contribution in [0.1, 0.15) is 10.4 Å². The number of hydrogen-bond acceptors (Lipinski definition) is 4. The van der Waals surface area contributed by atoms with Crippen molar-refractivity contribution < 1.29 is 19.4 Å². The number of aromatic nitrogens is 1. The van der Waals surface area contributed by atoms with Crippen LogP contribution < -0.4 is 5.73 Å². The number of halogens is 1. The van der Waals surface area contributed by atoms with Crippen LogP contribution in [0, 0.1) is 5.82 Å². The van der Waals surface area contributed by atoms with Crippen molar-refractivity contribution in [2.75, 3.05) is 5.73 Å². The second-order valence-corrected chi connectivity index (χ2v) is 3.62. The van der Waals surface area contributed by atoms with Gasteiger partial charge in [-0.25, -0.2) is 14.2 Å². The molecule has 18 heavy (non-hydrogen) atoms. The average molecular weight is 248 g/mol. The molecule has 2 aromatic rings. The van der Waals surface area contributed by atoms with Crippen molar-refractivity contribution in [1.82, 2.24) is 4.98 Å². The Bertz CT molecular complexity index is 629. The summed E-state index contributed by atoms with van der Waals surface area (Å²) in [7, 11) is 0. The molecule has 0 amide bonds. The number of benzene rings is 1. The normalized spacial score (nSPS) is 10.3. The van der Waals surface area contributed by atoms with Crippen LogP contribution in [0.15, 0.2) is 30.5 Å². The Morgan fingerprint density at radius 2 is 2.00 bits per heavy atom. The van der Waals surface area contributed by atoms with Gasteiger partial charge in [-0.1, -0.05) is 0 Å². The third-order valence-electron chi connectivity index (χ3n) is 2.41. The summed E-state index contributed by atoms with van der Waals surface area (Å²) in [4.78, 5) is 14.9. The van der Waals surface area contributed by atoms with Crippen LogP contribution in [0.3, 0.4) is 0 Å². The van der Waals surface area contributed by atoms with E-state index in [2.05, 4.69) is 4.98 Å². The first kappa shape index (κ1) is 11.8. The zero-order valence-electron chi connectivity index (χ0n) is 9.09. The predicted molar refractivity (Wildman–Crippen MR) is 62.7 cm³/mol. The summed E-state index contributed by atoms with van der Waals surface area (Å²) in [5.41, 5.74) is 5.66. The first-order valence-corrected chi connectivity index (χ1v) is 4.96. The Balaban J connectivity index is 2.67.